The van der Waals surface area contributed by atoms with E-state index in [2.05, 4.69) is 367 Å². The van der Waals surface area contributed by atoms with Crippen LogP contribution in [0.4, 0.5) is 51.2 Å². The minimum absolute atomic E-state index is 0.0926. The van der Waals surface area contributed by atoms with Gasteiger partial charge in [-0.05, 0) is 206 Å². The molecule has 9 heteroatoms. The molecule has 3 aliphatic heterocycles. The van der Waals surface area contributed by atoms with E-state index in [1.165, 1.54) is 49.5 Å². The fraction of sp³-hybridized carbons (Fsp3) is 0.0824. The maximum absolute atomic E-state index is 7.16. The molecule has 0 spiro atoms. The molecule has 0 amide bonds. The van der Waals surface area contributed by atoms with Crippen LogP contribution in [0, 0.1) is 0 Å². The number of benzene rings is 13. The van der Waals surface area contributed by atoms with Gasteiger partial charge in [0.2, 0.25) is 0 Å². The molecule has 13 aromatic carbocycles. The molecule has 0 saturated carbocycles. The maximum atomic E-state index is 7.16. The first kappa shape index (κ1) is 55.7. The van der Waals surface area contributed by atoms with E-state index in [4.69, 9.17) is 9.31 Å². The summed E-state index contributed by atoms with van der Waals surface area (Å²) < 4.78 is 19.5. The van der Waals surface area contributed by atoms with Crippen molar-refractivity contribution in [3.05, 3.63) is 332 Å². The van der Waals surface area contributed by atoms with E-state index in [0.29, 0.717) is 0 Å². The van der Waals surface area contributed by atoms with Crippen LogP contribution in [0.15, 0.2) is 315 Å². The van der Waals surface area contributed by atoms with Crippen LogP contribution in [0.3, 0.4) is 0 Å². The highest BCUT2D eigenvalue weighted by Gasteiger charge is 2.53. The summed E-state index contributed by atoms with van der Waals surface area (Å²) in [6, 6.07) is 116. The summed E-state index contributed by atoms with van der Waals surface area (Å²) in [7, 11) is -0.649. The Morgan fingerprint density at radius 2 is 0.638 bits per heavy atom. The van der Waals surface area contributed by atoms with Gasteiger partial charge < -0.3 is 33.1 Å². The third-order valence-corrected chi connectivity index (χ3v) is 20.3. The summed E-state index contributed by atoms with van der Waals surface area (Å²) in [5.74, 6) is -0.0926. The standard InChI is InChI=1S/C85H65B2N5O2/c1-84(2)85(3,4)94-87(93-84)60-51-78-81-79(52-60)92-77-48-46-68(89(63-37-21-9-22-38-63)64-39-23-10-24-40-64)54-71(77)73-55-69(90(65-41-25-11-26-42-65)66-43-27-12-28-44-66)56-75(83(73)92)86(81)74-50-59(80(57-29-13-5-14-30-57)58-31-15-6-16-32-58)49-72-70-53-67(45-47-76(70)91(78)82(72)74)88(61-33-17-7-18-34-61)62-35-19-8-20-36-62/h5-56,80H,1-4H3. The molecule has 0 bridgehead atoms. The van der Waals surface area contributed by atoms with Gasteiger partial charge in [-0.15, -0.1) is 0 Å². The van der Waals surface area contributed by atoms with Crippen molar-refractivity contribution in [3.8, 4) is 11.4 Å². The van der Waals surface area contributed by atoms with Gasteiger partial charge in [0.15, 0.2) is 0 Å². The number of anilines is 9. The van der Waals surface area contributed by atoms with Crippen LogP contribution in [0.25, 0.3) is 55.0 Å². The zero-order valence-electron chi connectivity index (χ0n) is 52.8. The topological polar surface area (TPSA) is 38.0 Å². The molecular weight excluding hydrogens is 1140 g/mol. The van der Waals surface area contributed by atoms with E-state index in [1.807, 2.05) is 0 Å². The van der Waals surface area contributed by atoms with Gasteiger partial charge in [-0.1, -0.05) is 176 Å². The molecule has 18 rings (SSSR count). The molecular formula is C85H65B2N5O2. The van der Waals surface area contributed by atoms with Crippen LogP contribution >= 0.6 is 0 Å². The van der Waals surface area contributed by atoms with E-state index in [9.17, 15) is 0 Å². The van der Waals surface area contributed by atoms with Crippen LogP contribution in [-0.2, 0) is 9.31 Å². The number of para-hydroxylation sites is 6. The minimum atomic E-state index is -0.649. The lowest BCUT2D eigenvalue weighted by atomic mass is 9.34. The van der Waals surface area contributed by atoms with Gasteiger partial charge in [-0.25, -0.2) is 0 Å². The van der Waals surface area contributed by atoms with Crippen molar-refractivity contribution in [1.29, 1.82) is 0 Å². The summed E-state index contributed by atoms with van der Waals surface area (Å²) in [5.41, 5.74) is 23.7. The normalized spacial score (nSPS) is 14.1. The van der Waals surface area contributed by atoms with Crippen molar-refractivity contribution in [3.63, 3.8) is 0 Å². The Morgan fingerprint density at radius 3 is 1.02 bits per heavy atom. The van der Waals surface area contributed by atoms with Crippen LogP contribution in [-0.4, -0.2) is 34.2 Å². The third-order valence-electron chi connectivity index (χ3n) is 20.3. The Labute approximate surface area is 548 Å². The molecule has 94 heavy (non-hydrogen) atoms. The minimum Gasteiger partial charge on any atom is -0.399 e. The molecule has 0 aliphatic carbocycles. The Bertz CT molecular complexity index is 4910. The van der Waals surface area contributed by atoms with Gasteiger partial charge in [0.1, 0.15) is 0 Å². The summed E-state index contributed by atoms with van der Waals surface area (Å²) in [6.07, 6.45) is 0. The molecule has 5 heterocycles. The zero-order valence-corrected chi connectivity index (χ0v) is 52.8. The van der Waals surface area contributed by atoms with Gasteiger partial charge in [-0.2, -0.15) is 0 Å². The predicted octanol–water partition coefficient (Wildman–Crippen LogP) is 18.9. The second-order valence-electron chi connectivity index (χ2n) is 26.3. The zero-order chi connectivity index (χ0) is 62.8. The summed E-state index contributed by atoms with van der Waals surface area (Å²) in [6.45, 7) is 8.36. The highest BCUT2D eigenvalue weighted by atomic mass is 16.7. The van der Waals surface area contributed by atoms with Crippen molar-refractivity contribution in [1.82, 2.24) is 9.13 Å². The number of hydrogen-bond acceptors (Lipinski definition) is 5. The third kappa shape index (κ3) is 8.83. The number of nitrogens with zero attached hydrogens (tertiary/aromatic N) is 5. The molecule has 0 unspecified atom stereocenters. The molecule has 15 aromatic rings. The Balaban J connectivity index is 0.997. The first-order valence-electron chi connectivity index (χ1n) is 32.7. The van der Waals surface area contributed by atoms with Gasteiger partial charge in [0.05, 0.1) is 22.2 Å². The lowest BCUT2D eigenvalue weighted by Crippen LogP contribution is -2.60. The summed E-state index contributed by atoms with van der Waals surface area (Å²) in [4.78, 5) is 7.22. The molecule has 448 valence electrons. The lowest BCUT2D eigenvalue weighted by Gasteiger charge is -2.36. The van der Waals surface area contributed by atoms with E-state index >= 15 is 0 Å². The molecule has 2 aromatic heterocycles. The van der Waals surface area contributed by atoms with Crippen LogP contribution in [0.1, 0.15) is 50.3 Å². The quantitative estimate of drug-likeness (QED) is 0.0850. The number of fused-ring (bicyclic) bond motifs is 10. The second-order valence-corrected chi connectivity index (χ2v) is 26.3. The summed E-state index contributed by atoms with van der Waals surface area (Å²) in [5, 5.41) is 4.66. The highest BCUT2D eigenvalue weighted by Crippen LogP contribution is 2.48. The first-order valence-corrected chi connectivity index (χ1v) is 32.7. The highest BCUT2D eigenvalue weighted by molar-refractivity contribution is 7.00. The molecule has 0 radical (unpaired) electrons. The van der Waals surface area contributed by atoms with Crippen molar-refractivity contribution in [2.75, 3.05) is 14.7 Å². The van der Waals surface area contributed by atoms with Gasteiger partial charge in [0, 0.05) is 101 Å². The summed E-state index contributed by atoms with van der Waals surface area (Å²) >= 11 is 0. The molecule has 1 fully saturated rings. The number of rotatable bonds is 13. The van der Waals surface area contributed by atoms with E-state index in [0.717, 1.165) is 95.2 Å². The fourth-order valence-electron chi connectivity index (χ4n) is 15.4. The number of hydrogen-bond donors (Lipinski definition) is 0. The average Bonchev–Trinajstić information content (AvgIpc) is 1.46. The van der Waals surface area contributed by atoms with Crippen molar-refractivity contribution < 1.29 is 9.31 Å². The van der Waals surface area contributed by atoms with E-state index in [1.54, 1.807) is 0 Å². The largest absolute Gasteiger partial charge is 0.494 e. The molecule has 3 aliphatic rings. The van der Waals surface area contributed by atoms with Gasteiger partial charge >= 0.3 is 7.12 Å². The van der Waals surface area contributed by atoms with Crippen molar-refractivity contribution in [2.45, 2.75) is 44.8 Å². The van der Waals surface area contributed by atoms with E-state index < -0.39 is 18.3 Å². The van der Waals surface area contributed by atoms with E-state index in [-0.39, 0.29) is 12.6 Å². The van der Waals surface area contributed by atoms with Crippen LogP contribution < -0.4 is 36.6 Å². The Morgan fingerprint density at radius 1 is 0.309 bits per heavy atom. The average molecular weight is 1210 g/mol. The van der Waals surface area contributed by atoms with Gasteiger partial charge in [0.25, 0.3) is 6.71 Å². The van der Waals surface area contributed by atoms with Crippen molar-refractivity contribution in [2.24, 2.45) is 0 Å². The monoisotopic (exact) mass is 1210 g/mol. The molecule has 1 saturated heterocycles. The smallest absolute Gasteiger partial charge is 0.399 e. The van der Waals surface area contributed by atoms with Gasteiger partial charge in [-0.3, -0.25) is 0 Å². The van der Waals surface area contributed by atoms with Crippen LogP contribution in [0.2, 0.25) is 0 Å². The fourth-order valence-corrected chi connectivity index (χ4v) is 15.4. The maximum Gasteiger partial charge on any atom is 0.494 e. The first-order chi connectivity index (χ1) is 46.1. The number of aromatic nitrogens is 2. The molecule has 0 N–H and O–H groups in total. The van der Waals surface area contributed by atoms with Crippen molar-refractivity contribution >= 4 is 130 Å². The molecule has 7 nitrogen and oxygen atoms in total. The Hall–Kier alpha value is -11.1. The lowest BCUT2D eigenvalue weighted by molar-refractivity contribution is 0.00578. The van der Waals surface area contributed by atoms with Crippen LogP contribution in [0.5, 0.6) is 0 Å². The molecule has 0 atom stereocenters. The SMILES string of the molecule is CC1(C)OB(c2cc3c4c(c2)-n2c5ccc(N(c6ccccc6)c6ccccc6)cc5c5cc(N(c6ccccc6)c6ccccc6)cc(c52)B4c2cc(C(c4ccccc4)c4ccccc4)cc4c5cc(N(c6ccccc6)c6ccccc6)ccc5n-3c24)OC1(C)C. The Kier molecular flexibility index (Phi) is 12.9. The second kappa shape index (κ2) is 21.8. The predicted molar refractivity (Wildman–Crippen MR) is 393 cm³/mol.